The van der Waals surface area contributed by atoms with Crippen LogP contribution in [0.2, 0.25) is 0 Å². The molecule has 1 aromatic heterocycles. The third-order valence-electron chi connectivity index (χ3n) is 6.52. The second kappa shape index (κ2) is 8.51. The molecule has 0 saturated carbocycles. The minimum absolute atomic E-state index is 0.0227. The van der Waals surface area contributed by atoms with Gasteiger partial charge in [0.05, 0.1) is 0 Å². The van der Waals surface area contributed by atoms with Gasteiger partial charge in [0.2, 0.25) is 11.0 Å². The summed E-state index contributed by atoms with van der Waals surface area (Å²) in [5.74, 6) is 0.519. The molecular weight excluding hydrogens is 392 g/mol. The van der Waals surface area contributed by atoms with Gasteiger partial charge >= 0.3 is 0 Å². The Kier molecular flexibility index (Phi) is 5.42. The Morgan fingerprint density at radius 2 is 2.06 bits per heavy atom. The molecule has 160 valence electrons. The summed E-state index contributed by atoms with van der Waals surface area (Å²) >= 11 is 0. The van der Waals surface area contributed by atoms with E-state index in [9.17, 15) is 10.0 Å². The predicted octanol–water partition coefficient (Wildman–Crippen LogP) is 3.10. The van der Waals surface area contributed by atoms with Crippen molar-refractivity contribution in [1.82, 2.24) is 15.0 Å². The van der Waals surface area contributed by atoms with Gasteiger partial charge in [-0.2, -0.15) is 0 Å². The lowest BCUT2D eigenvalue weighted by molar-refractivity contribution is -0.782. The van der Waals surface area contributed by atoms with Gasteiger partial charge in [0.25, 0.3) is 5.91 Å². The van der Waals surface area contributed by atoms with E-state index in [1.165, 1.54) is 5.56 Å². The lowest BCUT2D eigenvalue weighted by atomic mass is 9.83. The van der Waals surface area contributed by atoms with Gasteiger partial charge in [0.1, 0.15) is 0 Å². The molecule has 3 aromatic rings. The van der Waals surface area contributed by atoms with Gasteiger partial charge in [-0.1, -0.05) is 42.5 Å². The summed E-state index contributed by atoms with van der Waals surface area (Å²) < 4.78 is 4.63. The van der Waals surface area contributed by atoms with Crippen LogP contribution in [0.1, 0.15) is 35.2 Å². The standard InChI is InChI=1S/C24H26N4O3/c29-24(19-10-11-23-21(16-19)25-31-28(23)30)27-14-5-9-20-17-26(15-12-22(20)27)13-4-8-18-6-2-1-3-7-18/h1-4,6-8,10-11,16,20,22H,5,9,12-15,17H2/b8-4+/t20-,22-/m1/s1. The number of rotatable bonds is 4. The van der Waals surface area contributed by atoms with Crippen molar-refractivity contribution in [3.05, 3.63) is 70.9 Å². The van der Waals surface area contributed by atoms with E-state index in [-0.39, 0.29) is 11.9 Å². The lowest BCUT2D eigenvalue weighted by Crippen LogP contribution is -2.55. The SMILES string of the molecule is O=C(c1ccc2c(c1)no[n+]2[O-])N1CCC[C@@H]2CN(C/C=C/c3ccccc3)CC[C@H]21. The van der Waals surface area contributed by atoms with Crippen molar-refractivity contribution in [1.29, 1.82) is 0 Å². The number of hydrogen-bond acceptors (Lipinski definition) is 5. The summed E-state index contributed by atoms with van der Waals surface area (Å²) in [5, 5.41) is 15.3. The average Bonchev–Trinajstić information content (AvgIpc) is 3.19. The van der Waals surface area contributed by atoms with E-state index in [4.69, 9.17) is 0 Å². The van der Waals surface area contributed by atoms with Crippen molar-refractivity contribution in [3.8, 4) is 0 Å². The fourth-order valence-corrected chi connectivity index (χ4v) is 4.97. The number of nitrogens with zero attached hydrogens (tertiary/aromatic N) is 4. The van der Waals surface area contributed by atoms with E-state index in [1.54, 1.807) is 18.2 Å². The number of carbonyl (C=O) groups is 1. The lowest BCUT2D eigenvalue weighted by Gasteiger charge is -2.47. The molecule has 0 spiro atoms. The number of fused-ring (bicyclic) bond motifs is 2. The van der Waals surface area contributed by atoms with Gasteiger partial charge in [-0.15, -0.1) is 0 Å². The monoisotopic (exact) mass is 418 g/mol. The van der Waals surface area contributed by atoms with Gasteiger partial charge in [-0.3, -0.25) is 14.3 Å². The van der Waals surface area contributed by atoms with Gasteiger partial charge in [-0.25, -0.2) is 0 Å². The van der Waals surface area contributed by atoms with Crippen LogP contribution in [-0.2, 0) is 0 Å². The Balaban J connectivity index is 1.24. The van der Waals surface area contributed by atoms with Gasteiger partial charge in [0, 0.05) is 49.0 Å². The van der Waals surface area contributed by atoms with Crippen LogP contribution in [0.5, 0.6) is 0 Å². The molecule has 0 N–H and O–H groups in total. The highest BCUT2D eigenvalue weighted by molar-refractivity contribution is 5.97. The van der Waals surface area contributed by atoms with Crippen LogP contribution in [-0.4, -0.2) is 53.1 Å². The Bertz CT molecular complexity index is 1090. The van der Waals surface area contributed by atoms with Crippen molar-refractivity contribution in [2.75, 3.05) is 26.2 Å². The zero-order chi connectivity index (χ0) is 21.2. The zero-order valence-corrected chi connectivity index (χ0v) is 17.4. The summed E-state index contributed by atoms with van der Waals surface area (Å²) in [5.41, 5.74) is 2.54. The summed E-state index contributed by atoms with van der Waals surface area (Å²) in [6.07, 6.45) is 7.58. The number of likely N-dealkylation sites (tertiary alicyclic amines) is 2. The molecule has 0 bridgehead atoms. The molecular formula is C24H26N4O3. The van der Waals surface area contributed by atoms with Crippen LogP contribution in [0.15, 0.2) is 59.2 Å². The summed E-state index contributed by atoms with van der Waals surface area (Å²) in [6, 6.07) is 15.6. The maximum Gasteiger partial charge on any atom is 0.254 e. The third kappa shape index (κ3) is 4.05. The van der Waals surface area contributed by atoms with Crippen molar-refractivity contribution >= 4 is 23.0 Å². The van der Waals surface area contributed by atoms with Crippen molar-refractivity contribution in [2.45, 2.75) is 25.3 Å². The Labute approximate surface area is 181 Å². The Morgan fingerprint density at radius 1 is 1.19 bits per heavy atom. The second-order valence-electron chi connectivity index (χ2n) is 8.46. The molecule has 2 aromatic carbocycles. The third-order valence-corrected chi connectivity index (χ3v) is 6.52. The molecule has 0 radical (unpaired) electrons. The van der Waals surface area contributed by atoms with E-state index in [2.05, 4.69) is 51.1 Å². The number of hydrogen-bond donors (Lipinski definition) is 0. The minimum atomic E-state index is 0.0227. The smallest absolute Gasteiger partial charge is 0.254 e. The van der Waals surface area contributed by atoms with Crippen molar-refractivity contribution in [2.24, 2.45) is 5.92 Å². The first-order valence-electron chi connectivity index (χ1n) is 10.9. The van der Waals surface area contributed by atoms with Crippen LogP contribution < -0.4 is 4.90 Å². The average molecular weight is 418 g/mol. The van der Waals surface area contributed by atoms with Crippen molar-refractivity contribution in [3.63, 3.8) is 0 Å². The highest BCUT2D eigenvalue weighted by Gasteiger charge is 2.38. The quantitative estimate of drug-likeness (QED) is 0.609. The summed E-state index contributed by atoms with van der Waals surface area (Å²) in [6.45, 7) is 3.73. The first-order valence-corrected chi connectivity index (χ1v) is 10.9. The molecule has 31 heavy (non-hydrogen) atoms. The Morgan fingerprint density at radius 3 is 2.94 bits per heavy atom. The molecule has 2 aliphatic heterocycles. The largest absolute Gasteiger partial charge is 0.359 e. The molecule has 2 fully saturated rings. The van der Waals surface area contributed by atoms with E-state index >= 15 is 0 Å². The number of benzene rings is 2. The fourth-order valence-electron chi connectivity index (χ4n) is 4.97. The number of carbonyl (C=O) groups excluding carboxylic acids is 1. The van der Waals surface area contributed by atoms with Crippen LogP contribution in [0.4, 0.5) is 0 Å². The van der Waals surface area contributed by atoms with E-state index in [1.807, 2.05) is 11.0 Å². The zero-order valence-electron chi connectivity index (χ0n) is 17.4. The number of amides is 1. The van der Waals surface area contributed by atoms with Crippen molar-refractivity contribution < 1.29 is 14.3 Å². The van der Waals surface area contributed by atoms with Crippen LogP contribution in [0, 0.1) is 11.1 Å². The molecule has 7 heteroatoms. The molecule has 0 aliphatic carbocycles. The highest BCUT2D eigenvalue weighted by atomic mass is 16.8. The molecule has 3 heterocycles. The normalized spacial score (nSPS) is 22.1. The first kappa shape index (κ1) is 19.8. The number of aromatic nitrogens is 2. The summed E-state index contributed by atoms with van der Waals surface area (Å²) in [4.78, 5) is 18.2. The minimum Gasteiger partial charge on any atom is -0.359 e. The van der Waals surface area contributed by atoms with Gasteiger partial charge < -0.3 is 10.1 Å². The van der Waals surface area contributed by atoms with E-state index in [0.29, 0.717) is 27.4 Å². The molecule has 2 saturated heterocycles. The van der Waals surface area contributed by atoms with Crippen LogP contribution >= 0.6 is 0 Å². The van der Waals surface area contributed by atoms with Gasteiger partial charge in [0.15, 0.2) is 0 Å². The molecule has 5 rings (SSSR count). The molecule has 7 nitrogen and oxygen atoms in total. The highest BCUT2D eigenvalue weighted by Crippen LogP contribution is 2.32. The summed E-state index contributed by atoms with van der Waals surface area (Å²) in [7, 11) is 0. The molecule has 2 atom stereocenters. The fraction of sp³-hybridized carbons (Fsp3) is 0.375. The second-order valence-corrected chi connectivity index (χ2v) is 8.46. The maximum atomic E-state index is 13.3. The van der Waals surface area contributed by atoms with Crippen LogP contribution in [0.25, 0.3) is 17.1 Å². The molecule has 0 unspecified atom stereocenters. The molecule has 2 aliphatic rings. The van der Waals surface area contributed by atoms with Gasteiger partial charge in [-0.05, 0) is 47.8 Å². The van der Waals surface area contributed by atoms with Crippen LogP contribution in [0.3, 0.4) is 0 Å². The maximum absolute atomic E-state index is 13.3. The Hall–Kier alpha value is -3.19. The predicted molar refractivity (Wildman–Crippen MR) is 117 cm³/mol. The number of piperidine rings is 2. The van der Waals surface area contributed by atoms with E-state index in [0.717, 1.165) is 45.4 Å². The molecule has 1 amide bonds. The van der Waals surface area contributed by atoms with E-state index < -0.39 is 0 Å². The topological polar surface area (TPSA) is 76.5 Å². The first-order chi connectivity index (χ1) is 15.2.